The van der Waals surface area contributed by atoms with E-state index in [1.165, 1.54) is 27.1 Å². The summed E-state index contributed by atoms with van der Waals surface area (Å²) >= 11 is 0. The highest BCUT2D eigenvalue weighted by Gasteiger charge is 2.42. The van der Waals surface area contributed by atoms with Gasteiger partial charge >= 0.3 is 0 Å². The summed E-state index contributed by atoms with van der Waals surface area (Å²) < 4.78 is 7.80. The van der Waals surface area contributed by atoms with Gasteiger partial charge in [-0.2, -0.15) is 0 Å². The average molecular weight is 421 g/mol. The lowest BCUT2D eigenvalue weighted by Crippen LogP contribution is -2.92. The van der Waals surface area contributed by atoms with Crippen molar-refractivity contribution in [1.29, 1.82) is 0 Å². The van der Waals surface area contributed by atoms with Crippen molar-refractivity contribution in [3.05, 3.63) is 59.8 Å². The van der Waals surface area contributed by atoms with E-state index < -0.39 is 0 Å². The highest BCUT2D eigenvalue weighted by atomic mass is 16.5. The molecular formula is C25H30N3O3+. The van der Waals surface area contributed by atoms with Crippen LogP contribution in [0.5, 0.6) is 5.75 Å². The topological polar surface area (TPSA) is 68.2 Å². The number of anilines is 1. The Hall–Kier alpha value is -3.12. The third-order valence-corrected chi connectivity index (χ3v) is 6.13. The summed E-state index contributed by atoms with van der Waals surface area (Å²) in [5, 5.41) is 3.27. The number of nitrogens with two attached hydrogens (primary N) is 1. The number of ether oxygens (including phenoxy) is 1. The van der Waals surface area contributed by atoms with Gasteiger partial charge in [0.25, 0.3) is 5.91 Å². The zero-order valence-electron chi connectivity index (χ0n) is 18.4. The second kappa shape index (κ2) is 8.94. The number of quaternary nitrogens is 1. The smallest absolute Gasteiger partial charge is 0.292 e. The molecule has 3 aromatic rings. The predicted octanol–water partition coefficient (Wildman–Crippen LogP) is 2.71. The lowest BCUT2D eigenvalue weighted by Gasteiger charge is -2.15. The van der Waals surface area contributed by atoms with Crippen molar-refractivity contribution in [3.63, 3.8) is 0 Å². The quantitative estimate of drug-likeness (QED) is 0.570. The van der Waals surface area contributed by atoms with Crippen molar-refractivity contribution < 1.29 is 19.6 Å². The van der Waals surface area contributed by atoms with Gasteiger partial charge in [-0.1, -0.05) is 25.1 Å². The number of fused-ring (bicyclic) bond motifs is 1. The molecule has 0 unspecified atom stereocenters. The molecule has 0 spiro atoms. The van der Waals surface area contributed by atoms with Crippen molar-refractivity contribution in [2.24, 2.45) is 7.05 Å². The SMILES string of the molecule is CCCOc1ccc(N2C(=O)C[C@H]([NH2+]CCc3c(C)n(C)c4ccccc34)C2=O)cc1. The van der Waals surface area contributed by atoms with E-state index in [0.717, 1.165) is 25.1 Å². The first-order chi connectivity index (χ1) is 15.0. The number of benzene rings is 2. The van der Waals surface area contributed by atoms with Crippen LogP contribution in [0, 0.1) is 6.92 Å². The number of amides is 2. The molecule has 0 radical (unpaired) electrons. The van der Waals surface area contributed by atoms with Crippen LogP contribution in [-0.4, -0.2) is 35.6 Å². The molecule has 2 N–H and O–H groups in total. The van der Waals surface area contributed by atoms with E-state index in [4.69, 9.17) is 4.74 Å². The van der Waals surface area contributed by atoms with Crippen LogP contribution in [0.2, 0.25) is 0 Å². The molecule has 2 heterocycles. The Morgan fingerprint density at radius 2 is 1.84 bits per heavy atom. The predicted molar refractivity (Wildman–Crippen MR) is 121 cm³/mol. The standard InChI is InChI=1S/C25H29N3O3/c1-4-15-31-19-11-9-18(10-12-19)28-24(29)16-22(25(28)30)26-14-13-20-17(2)27(3)23-8-6-5-7-21(20)23/h5-12,22,26H,4,13-16H2,1-3H3/p+1/t22-/m0/s1. The number of imide groups is 1. The lowest BCUT2D eigenvalue weighted by molar-refractivity contribution is -0.674. The number of aromatic nitrogens is 1. The Morgan fingerprint density at radius 1 is 1.10 bits per heavy atom. The monoisotopic (exact) mass is 420 g/mol. The largest absolute Gasteiger partial charge is 0.494 e. The molecule has 1 atom stereocenters. The third-order valence-electron chi connectivity index (χ3n) is 6.13. The fraction of sp³-hybridized carbons (Fsp3) is 0.360. The van der Waals surface area contributed by atoms with E-state index in [2.05, 4.69) is 42.8 Å². The van der Waals surface area contributed by atoms with E-state index in [0.29, 0.717) is 12.3 Å². The van der Waals surface area contributed by atoms with Gasteiger partial charge in [0, 0.05) is 30.1 Å². The van der Waals surface area contributed by atoms with E-state index in [9.17, 15) is 9.59 Å². The van der Waals surface area contributed by atoms with Crippen LogP contribution in [0.4, 0.5) is 5.69 Å². The summed E-state index contributed by atoms with van der Waals surface area (Å²) in [4.78, 5) is 26.8. The molecule has 31 heavy (non-hydrogen) atoms. The second-order valence-electron chi connectivity index (χ2n) is 8.13. The molecule has 1 aliphatic heterocycles. The van der Waals surface area contributed by atoms with Gasteiger partial charge in [-0.05, 0) is 49.2 Å². The number of hydrogen-bond donors (Lipinski definition) is 1. The minimum Gasteiger partial charge on any atom is -0.494 e. The van der Waals surface area contributed by atoms with Crippen LogP contribution < -0.4 is 15.0 Å². The Kier molecular flexibility index (Phi) is 6.09. The molecule has 4 rings (SSSR count). The molecule has 2 amide bonds. The normalized spacial score (nSPS) is 16.5. The number of rotatable bonds is 8. The van der Waals surface area contributed by atoms with Gasteiger partial charge in [-0.3, -0.25) is 9.59 Å². The third kappa shape index (κ3) is 4.08. The lowest BCUT2D eigenvalue weighted by atomic mass is 10.1. The molecule has 2 aromatic carbocycles. The van der Waals surface area contributed by atoms with Crippen LogP contribution >= 0.6 is 0 Å². The Morgan fingerprint density at radius 3 is 2.58 bits per heavy atom. The first-order valence-corrected chi connectivity index (χ1v) is 11.0. The van der Waals surface area contributed by atoms with E-state index in [-0.39, 0.29) is 24.3 Å². The average Bonchev–Trinajstić information content (AvgIpc) is 3.20. The molecule has 6 heteroatoms. The van der Waals surface area contributed by atoms with Crippen LogP contribution in [0.3, 0.4) is 0 Å². The Balaban J connectivity index is 1.40. The summed E-state index contributed by atoms with van der Waals surface area (Å²) in [5.74, 6) is 0.468. The molecule has 0 bridgehead atoms. The maximum absolute atomic E-state index is 12.9. The van der Waals surface area contributed by atoms with Crippen LogP contribution in [0.25, 0.3) is 10.9 Å². The molecule has 1 saturated heterocycles. The van der Waals surface area contributed by atoms with Crippen molar-refractivity contribution in [1.82, 2.24) is 4.57 Å². The molecule has 1 aliphatic rings. The highest BCUT2D eigenvalue weighted by Crippen LogP contribution is 2.26. The summed E-state index contributed by atoms with van der Waals surface area (Å²) in [5.41, 5.74) is 4.39. The molecule has 162 valence electrons. The Bertz CT molecular complexity index is 1100. The van der Waals surface area contributed by atoms with Crippen molar-refractivity contribution in [2.45, 2.75) is 39.2 Å². The van der Waals surface area contributed by atoms with Gasteiger partial charge in [0.15, 0.2) is 6.04 Å². The second-order valence-corrected chi connectivity index (χ2v) is 8.13. The van der Waals surface area contributed by atoms with E-state index >= 15 is 0 Å². The van der Waals surface area contributed by atoms with Crippen molar-refractivity contribution in [3.8, 4) is 5.75 Å². The van der Waals surface area contributed by atoms with Gasteiger partial charge in [0.1, 0.15) is 5.75 Å². The minimum atomic E-state index is -0.362. The molecule has 1 fully saturated rings. The number of carbonyl (C=O) groups excluding carboxylic acids is 2. The maximum Gasteiger partial charge on any atom is 0.292 e. The van der Waals surface area contributed by atoms with Gasteiger partial charge in [-0.15, -0.1) is 0 Å². The first kappa shape index (κ1) is 21.1. The van der Waals surface area contributed by atoms with Crippen LogP contribution in [-0.2, 0) is 23.1 Å². The summed E-state index contributed by atoms with van der Waals surface area (Å²) in [6.45, 7) is 5.59. The van der Waals surface area contributed by atoms with Gasteiger partial charge in [-0.25, -0.2) is 4.90 Å². The van der Waals surface area contributed by atoms with Crippen LogP contribution in [0.15, 0.2) is 48.5 Å². The van der Waals surface area contributed by atoms with Crippen molar-refractivity contribution >= 4 is 28.4 Å². The highest BCUT2D eigenvalue weighted by molar-refractivity contribution is 6.21. The molecule has 0 saturated carbocycles. The Labute approximate surface area is 182 Å². The fourth-order valence-corrected chi connectivity index (χ4v) is 4.37. The zero-order chi connectivity index (χ0) is 22.0. The first-order valence-electron chi connectivity index (χ1n) is 11.0. The number of hydrogen-bond acceptors (Lipinski definition) is 3. The van der Waals surface area contributed by atoms with Crippen LogP contribution in [0.1, 0.15) is 31.0 Å². The minimum absolute atomic E-state index is 0.137. The summed E-state index contributed by atoms with van der Waals surface area (Å²) in [6.07, 6.45) is 2.02. The summed E-state index contributed by atoms with van der Waals surface area (Å²) in [6, 6.07) is 15.2. The number of para-hydroxylation sites is 1. The van der Waals surface area contributed by atoms with E-state index in [1.807, 2.05) is 24.4 Å². The van der Waals surface area contributed by atoms with Gasteiger partial charge < -0.3 is 14.6 Å². The molecule has 1 aromatic heterocycles. The summed E-state index contributed by atoms with van der Waals surface area (Å²) in [7, 11) is 2.08. The van der Waals surface area contributed by atoms with E-state index in [1.54, 1.807) is 12.1 Å². The molecule has 0 aliphatic carbocycles. The van der Waals surface area contributed by atoms with Crippen molar-refractivity contribution in [2.75, 3.05) is 18.1 Å². The molecule has 6 nitrogen and oxygen atoms in total. The van der Waals surface area contributed by atoms with Gasteiger partial charge in [0.05, 0.1) is 25.3 Å². The molecular weight excluding hydrogens is 390 g/mol. The number of nitrogens with zero attached hydrogens (tertiary/aromatic N) is 2. The maximum atomic E-state index is 12.9. The number of carbonyl (C=O) groups is 2. The fourth-order valence-electron chi connectivity index (χ4n) is 4.37. The van der Waals surface area contributed by atoms with Gasteiger partial charge in [0.2, 0.25) is 5.91 Å². The zero-order valence-corrected chi connectivity index (χ0v) is 18.4. The number of aryl methyl sites for hydroxylation is 1.